The van der Waals surface area contributed by atoms with E-state index in [0.29, 0.717) is 5.11 Å². The van der Waals surface area contributed by atoms with Gasteiger partial charge in [-0.15, -0.1) is 0 Å². The van der Waals surface area contributed by atoms with E-state index in [9.17, 15) is 8.42 Å². The average Bonchev–Trinajstić information content (AvgIpc) is 2.27. The predicted octanol–water partition coefficient (Wildman–Crippen LogP) is -0.762. The third kappa shape index (κ3) is 3.60. The van der Waals surface area contributed by atoms with Crippen LogP contribution in [0.15, 0.2) is 11.5 Å². The fraction of sp³-hybridized carbons (Fsp3) is 0.571. The summed E-state index contributed by atoms with van der Waals surface area (Å²) in [5, 5.41) is 6.19. The second kappa shape index (κ2) is 4.24. The quantitative estimate of drug-likeness (QED) is 0.484. The van der Waals surface area contributed by atoms with Crippen molar-refractivity contribution in [2.24, 2.45) is 0 Å². The van der Waals surface area contributed by atoms with Gasteiger partial charge in [0, 0.05) is 19.5 Å². The number of thiocarbonyl (C=S) groups is 1. The minimum atomic E-state index is -3.01. The number of hydrogen-bond donors (Lipinski definition) is 2. The van der Waals surface area contributed by atoms with Gasteiger partial charge in [-0.1, -0.05) is 0 Å². The Morgan fingerprint density at radius 2 is 2.21 bits per heavy atom. The van der Waals surface area contributed by atoms with Gasteiger partial charge in [0.2, 0.25) is 0 Å². The molecule has 1 heterocycles. The van der Waals surface area contributed by atoms with Crippen LogP contribution in [0.2, 0.25) is 0 Å². The summed E-state index contributed by atoms with van der Waals surface area (Å²) in [5.74, 6) is 0.0717. The minimum absolute atomic E-state index is 0.0717. The molecule has 2 N–H and O–H groups in total. The lowest BCUT2D eigenvalue weighted by molar-refractivity contribution is 0.359. The first-order valence-corrected chi connectivity index (χ1v) is 6.17. The zero-order valence-corrected chi connectivity index (χ0v) is 9.65. The number of nitrogens with zero attached hydrogens (tertiary/aromatic N) is 1. The van der Waals surface area contributed by atoms with Gasteiger partial charge in [-0.2, -0.15) is 0 Å². The van der Waals surface area contributed by atoms with Gasteiger partial charge in [-0.05, 0) is 18.3 Å². The van der Waals surface area contributed by atoms with Gasteiger partial charge in [0.05, 0.1) is 11.8 Å². The Hall–Kier alpha value is -0.660. The molecule has 0 radical (unpaired) electrons. The molecule has 0 saturated heterocycles. The Bertz CT molecular complexity index is 348. The van der Waals surface area contributed by atoms with Crippen molar-refractivity contribution in [3.05, 3.63) is 11.5 Å². The Morgan fingerprint density at radius 3 is 2.64 bits per heavy atom. The molecule has 0 unspecified atom stereocenters. The molecule has 0 amide bonds. The smallest absolute Gasteiger partial charge is 0.181 e. The van der Waals surface area contributed by atoms with Gasteiger partial charge in [0.15, 0.2) is 14.9 Å². The van der Waals surface area contributed by atoms with Crippen LogP contribution in [0.3, 0.4) is 0 Å². The van der Waals surface area contributed by atoms with Crippen LogP contribution in [0.1, 0.15) is 0 Å². The Balaban J connectivity index is 2.41. The molecule has 0 saturated carbocycles. The van der Waals surface area contributed by atoms with Gasteiger partial charge in [-0.3, -0.25) is 5.43 Å². The molecule has 0 aromatic rings. The molecule has 14 heavy (non-hydrogen) atoms. The van der Waals surface area contributed by atoms with Crippen molar-refractivity contribution in [2.75, 3.05) is 19.8 Å². The molecule has 5 nitrogen and oxygen atoms in total. The van der Waals surface area contributed by atoms with E-state index < -0.39 is 9.84 Å². The van der Waals surface area contributed by atoms with Crippen LogP contribution in [-0.2, 0) is 9.84 Å². The topological polar surface area (TPSA) is 61.4 Å². The maximum Gasteiger partial charge on any atom is 0.181 e. The first kappa shape index (κ1) is 11.4. The Morgan fingerprint density at radius 1 is 1.57 bits per heavy atom. The highest BCUT2D eigenvalue weighted by Crippen LogP contribution is 2.07. The van der Waals surface area contributed by atoms with Crippen molar-refractivity contribution in [1.29, 1.82) is 0 Å². The maximum absolute atomic E-state index is 11.0. The SMILES string of the molecule is CN(C)NC(=S)N[C@H]1C=CS(=O)(=O)C1. The number of nitrogens with one attached hydrogen (secondary N) is 2. The second-order valence-electron chi connectivity index (χ2n) is 3.24. The summed E-state index contributed by atoms with van der Waals surface area (Å²) in [4.78, 5) is 0. The molecule has 7 heteroatoms. The van der Waals surface area contributed by atoms with Gasteiger partial charge in [0.25, 0.3) is 0 Å². The van der Waals surface area contributed by atoms with E-state index in [4.69, 9.17) is 12.2 Å². The number of sulfone groups is 1. The van der Waals surface area contributed by atoms with Crippen LogP contribution >= 0.6 is 12.2 Å². The van der Waals surface area contributed by atoms with Crippen LogP contribution in [-0.4, -0.2) is 44.4 Å². The molecule has 0 aliphatic carbocycles. The summed E-state index contributed by atoms with van der Waals surface area (Å²) < 4.78 is 22.1. The summed E-state index contributed by atoms with van der Waals surface area (Å²) >= 11 is 4.95. The fourth-order valence-electron chi connectivity index (χ4n) is 1.07. The molecule has 0 aromatic carbocycles. The number of hydrazine groups is 1. The van der Waals surface area contributed by atoms with E-state index in [-0.39, 0.29) is 11.8 Å². The molecular formula is C7H13N3O2S2. The molecule has 0 fully saturated rings. The van der Waals surface area contributed by atoms with Gasteiger partial charge < -0.3 is 5.32 Å². The fourth-order valence-corrected chi connectivity index (χ4v) is 2.64. The zero-order valence-electron chi connectivity index (χ0n) is 8.02. The largest absolute Gasteiger partial charge is 0.354 e. The standard InChI is InChI=1S/C7H13N3O2S2/c1-10(2)9-7(13)8-6-3-4-14(11,12)5-6/h3-4,6H,5H2,1-2H3,(H2,8,9,13)/t6-/m0/s1. The summed E-state index contributed by atoms with van der Waals surface area (Å²) in [6, 6.07) is -0.222. The molecule has 0 spiro atoms. The lowest BCUT2D eigenvalue weighted by Gasteiger charge is -2.17. The molecule has 1 atom stereocenters. The van der Waals surface area contributed by atoms with E-state index >= 15 is 0 Å². The molecule has 1 aliphatic rings. The van der Waals surface area contributed by atoms with E-state index in [0.717, 1.165) is 0 Å². The zero-order chi connectivity index (χ0) is 10.8. The molecular weight excluding hydrogens is 222 g/mol. The number of hydrogen-bond acceptors (Lipinski definition) is 4. The first-order valence-electron chi connectivity index (χ1n) is 4.04. The van der Waals surface area contributed by atoms with Crippen LogP contribution in [0.25, 0.3) is 0 Å². The highest BCUT2D eigenvalue weighted by atomic mass is 32.2. The van der Waals surface area contributed by atoms with Crippen LogP contribution in [0.4, 0.5) is 0 Å². The summed E-state index contributed by atoms with van der Waals surface area (Å²) in [7, 11) is 0.588. The third-order valence-corrected chi connectivity index (χ3v) is 3.18. The highest BCUT2D eigenvalue weighted by Gasteiger charge is 2.21. The van der Waals surface area contributed by atoms with E-state index in [1.807, 2.05) is 0 Å². The lowest BCUT2D eigenvalue weighted by atomic mass is 10.3. The lowest BCUT2D eigenvalue weighted by Crippen LogP contribution is -2.47. The van der Waals surface area contributed by atoms with Gasteiger partial charge >= 0.3 is 0 Å². The van der Waals surface area contributed by atoms with Crippen LogP contribution in [0, 0.1) is 0 Å². The van der Waals surface area contributed by atoms with Crippen molar-refractivity contribution in [2.45, 2.75) is 6.04 Å². The van der Waals surface area contributed by atoms with Crippen molar-refractivity contribution in [1.82, 2.24) is 15.8 Å². The van der Waals surface area contributed by atoms with Crippen molar-refractivity contribution >= 4 is 27.2 Å². The van der Waals surface area contributed by atoms with Crippen molar-refractivity contribution in [3.8, 4) is 0 Å². The van der Waals surface area contributed by atoms with Gasteiger partial charge in [-0.25, -0.2) is 13.4 Å². The predicted molar refractivity (Wildman–Crippen MR) is 59.3 cm³/mol. The Labute approximate surface area is 89.0 Å². The van der Waals surface area contributed by atoms with Crippen LogP contribution < -0.4 is 10.7 Å². The number of rotatable bonds is 2. The third-order valence-electron chi connectivity index (χ3n) is 1.57. The molecule has 1 rings (SSSR count). The van der Waals surface area contributed by atoms with Crippen LogP contribution in [0.5, 0.6) is 0 Å². The first-order chi connectivity index (χ1) is 6.39. The van der Waals surface area contributed by atoms with Gasteiger partial charge in [0.1, 0.15) is 0 Å². The summed E-state index contributed by atoms with van der Waals surface area (Å²) in [6.45, 7) is 0. The molecule has 80 valence electrons. The second-order valence-corrected chi connectivity index (χ2v) is 5.58. The summed E-state index contributed by atoms with van der Waals surface area (Å²) in [6.07, 6.45) is 1.60. The van der Waals surface area contributed by atoms with E-state index in [2.05, 4.69) is 10.7 Å². The normalized spacial score (nSPS) is 23.8. The van der Waals surface area contributed by atoms with E-state index in [1.165, 1.54) is 5.41 Å². The molecule has 0 aromatic heterocycles. The van der Waals surface area contributed by atoms with E-state index in [1.54, 1.807) is 25.2 Å². The van der Waals surface area contributed by atoms with Crippen molar-refractivity contribution < 1.29 is 8.42 Å². The maximum atomic E-state index is 11.0. The summed E-state index contributed by atoms with van der Waals surface area (Å²) in [5.41, 5.74) is 2.82. The monoisotopic (exact) mass is 235 g/mol. The highest BCUT2D eigenvalue weighted by molar-refractivity contribution is 7.94. The average molecular weight is 235 g/mol. The minimum Gasteiger partial charge on any atom is -0.354 e. The molecule has 1 aliphatic heterocycles. The molecule has 0 bridgehead atoms. The Kier molecular flexibility index (Phi) is 3.46. The van der Waals surface area contributed by atoms with Crippen molar-refractivity contribution in [3.63, 3.8) is 0 Å².